The molecule has 88 valence electrons. The molecule has 0 bridgehead atoms. The number of rotatable bonds is 2. The first-order valence-electron chi connectivity index (χ1n) is 5.05. The molecule has 2 N–H and O–H groups in total. The van der Waals surface area contributed by atoms with E-state index in [9.17, 15) is 4.39 Å². The highest BCUT2D eigenvalue weighted by Crippen LogP contribution is 2.32. The molecular formula is C13H10Cl2FN. The fourth-order valence-corrected chi connectivity index (χ4v) is 2.07. The lowest BCUT2D eigenvalue weighted by Gasteiger charge is -2.10. The van der Waals surface area contributed by atoms with Gasteiger partial charge in [-0.05, 0) is 41.5 Å². The van der Waals surface area contributed by atoms with Gasteiger partial charge in [0.1, 0.15) is 5.82 Å². The molecule has 2 aromatic rings. The van der Waals surface area contributed by atoms with E-state index in [1.165, 1.54) is 18.2 Å². The van der Waals surface area contributed by atoms with Crippen molar-refractivity contribution in [3.63, 3.8) is 0 Å². The summed E-state index contributed by atoms with van der Waals surface area (Å²) in [5, 5.41) is 1.04. The van der Waals surface area contributed by atoms with Gasteiger partial charge >= 0.3 is 0 Å². The van der Waals surface area contributed by atoms with Crippen LogP contribution in [0.2, 0.25) is 10.0 Å². The molecule has 0 saturated heterocycles. The Morgan fingerprint density at radius 3 is 2.47 bits per heavy atom. The summed E-state index contributed by atoms with van der Waals surface area (Å²) in [5.74, 6) is -0.340. The minimum Gasteiger partial charge on any atom is -0.326 e. The summed E-state index contributed by atoms with van der Waals surface area (Å²) in [6.45, 7) is 0.347. The first-order chi connectivity index (χ1) is 8.11. The Balaban J connectivity index is 2.66. The highest BCUT2D eigenvalue weighted by Gasteiger charge is 2.09. The van der Waals surface area contributed by atoms with Crippen molar-refractivity contribution in [1.82, 2.24) is 0 Å². The Morgan fingerprint density at radius 1 is 1.00 bits per heavy atom. The highest BCUT2D eigenvalue weighted by atomic mass is 35.5. The SMILES string of the molecule is NCc1ccc(Cl)cc1-c1cc(F)ccc1Cl. The average molecular weight is 270 g/mol. The van der Waals surface area contributed by atoms with Gasteiger partial charge in [0.05, 0.1) is 0 Å². The van der Waals surface area contributed by atoms with E-state index in [0.717, 1.165) is 11.1 Å². The Kier molecular flexibility index (Phi) is 3.67. The van der Waals surface area contributed by atoms with Gasteiger partial charge in [-0.1, -0.05) is 29.3 Å². The second-order valence-corrected chi connectivity index (χ2v) is 4.47. The highest BCUT2D eigenvalue weighted by molar-refractivity contribution is 6.34. The van der Waals surface area contributed by atoms with Crippen LogP contribution in [0.15, 0.2) is 36.4 Å². The van der Waals surface area contributed by atoms with E-state index in [1.807, 2.05) is 6.07 Å². The van der Waals surface area contributed by atoms with E-state index in [-0.39, 0.29) is 5.82 Å². The van der Waals surface area contributed by atoms with Crippen LogP contribution < -0.4 is 5.73 Å². The third-order valence-electron chi connectivity index (χ3n) is 2.51. The van der Waals surface area contributed by atoms with Crippen LogP contribution in [0.5, 0.6) is 0 Å². The molecule has 0 radical (unpaired) electrons. The maximum Gasteiger partial charge on any atom is 0.123 e. The van der Waals surface area contributed by atoms with Gasteiger partial charge in [-0.15, -0.1) is 0 Å². The van der Waals surface area contributed by atoms with Crippen LogP contribution in [0, 0.1) is 5.82 Å². The fraction of sp³-hybridized carbons (Fsp3) is 0.0769. The largest absolute Gasteiger partial charge is 0.326 e. The molecule has 1 nitrogen and oxygen atoms in total. The van der Waals surface area contributed by atoms with Gasteiger partial charge < -0.3 is 5.73 Å². The van der Waals surface area contributed by atoms with Crippen LogP contribution >= 0.6 is 23.2 Å². The number of halogens is 3. The quantitative estimate of drug-likeness (QED) is 0.866. The van der Waals surface area contributed by atoms with E-state index < -0.39 is 0 Å². The molecule has 0 atom stereocenters. The maximum absolute atomic E-state index is 13.2. The van der Waals surface area contributed by atoms with Gasteiger partial charge in [-0.2, -0.15) is 0 Å². The summed E-state index contributed by atoms with van der Waals surface area (Å²) in [7, 11) is 0. The third-order valence-corrected chi connectivity index (χ3v) is 3.08. The predicted octanol–water partition coefficient (Wildman–Crippen LogP) is 4.26. The molecule has 0 aromatic heterocycles. The average Bonchev–Trinajstić information content (AvgIpc) is 2.32. The Morgan fingerprint density at radius 2 is 1.76 bits per heavy atom. The van der Waals surface area contributed by atoms with Gasteiger partial charge in [-0.3, -0.25) is 0 Å². The minimum absolute atomic E-state index is 0.340. The van der Waals surface area contributed by atoms with Crippen molar-refractivity contribution >= 4 is 23.2 Å². The maximum atomic E-state index is 13.2. The molecule has 0 amide bonds. The zero-order valence-corrected chi connectivity index (χ0v) is 10.4. The Bertz CT molecular complexity index is 555. The molecule has 0 spiro atoms. The predicted molar refractivity (Wildman–Crippen MR) is 69.7 cm³/mol. The van der Waals surface area contributed by atoms with E-state index in [1.54, 1.807) is 12.1 Å². The van der Waals surface area contributed by atoms with Crippen molar-refractivity contribution in [2.75, 3.05) is 0 Å². The van der Waals surface area contributed by atoms with Crippen LogP contribution in [0.3, 0.4) is 0 Å². The zero-order chi connectivity index (χ0) is 12.4. The molecule has 0 heterocycles. The minimum atomic E-state index is -0.340. The molecule has 17 heavy (non-hydrogen) atoms. The summed E-state index contributed by atoms with van der Waals surface area (Å²) >= 11 is 12.0. The Labute approximate surface area is 109 Å². The van der Waals surface area contributed by atoms with Crippen molar-refractivity contribution in [3.05, 3.63) is 57.8 Å². The molecule has 4 heteroatoms. The molecule has 0 aliphatic heterocycles. The summed E-state index contributed by atoms with van der Waals surface area (Å²) in [5.41, 5.74) is 7.90. The van der Waals surface area contributed by atoms with Crippen LogP contribution in [0.4, 0.5) is 4.39 Å². The van der Waals surface area contributed by atoms with E-state index in [4.69, 9.17) is 28.9 Å². The number of nitrogens with two attached hydrogens (primary N) is 1. The molecule has 0 saturated carbocycles. The van der Waals surface area contributed by atoms with E-state index in [2.05, 4.69) is 0 Å². The smallest absolute Gasteiger partial charge is 0.123 e. The van der Waals surface area contributed by atoms with E-state index >= 15 is 0 Å². The van der Waals surface area contributed by atoms with Gasteiger partial charge in [-0.25, -0.2) is 4.39 Å². The lowest BCUT2D eigenvalue weighted by atomic mass is 9.99. The monoisotopic (exact) mass is 269 g/mol. The number of benzene rings is 2. The van der Waals surface area contributed by atoms with Gasteiger partial charge in [0.25, 0.3) is 0 Å². The second-order valence-electron chi connectivity index (χ2n) is 3.63. The summed E-state index contributed by atoms with van der Waals surface area (Å²) in [6.07, 6.45) is 0. The standard InChI is InChI=1S/C13H10Cl2FN/c14-9-2-1-8(7-17)11(5-9)12-6-10(16)3-4-13(12)15/h1-6H,7,17H2. The second kappa shape index (κ2) is 5.05. The van der Waals surface area contributed by atoms with Crippen LogP contribution in [0.25, 0.3) is 11.1 Å². The molecule has 0 aliphatic carbocycles. The third kappa shape index (κ3) is 2.60. The first kappa shape index (κ1) is 12.4. The van der Waals surface area contributed by atoms with Crippen LogP contribution in [-0.4, -0.2) is 0 Å². The Hall–Kier alpha value is -1.09. The molecular weight excluding hydrogens is 260 g/mol. The molecule has 2 rings (SSSR count). The van der Waals surface area contributed by atoms with Crippen molar-refractivity contribution < 1.29 is 4.39 Å². The summed E-state index contributed by atoms with van der Waals surface area (Å²) in [6, 6.07) is 9.53. The molecule has 0 aliphatic rings. The van der Waals surface area contributed by atoms with Crippen molar-refractivity contribution in [1.29, 1.82) is 0 Å². The van der Waals surface area contributed by atoms with Crippen molar-refractivity contribution in [2.24, 2.45) is 5.73 Å². The number of hydrogen-bond acceptors (Lipinski definition) is 1. The fourth-order valence-electron chi connectivity index (χ4n) is 1.68. The van der Waals surface area contributed by atoms with Gasteiger partial charge in [0, 0.05) is 22.2 Å². The number of hydrogen-bond donors (Lipinski definition) is 1. The van der Waals surface area contributed by atoms with Crippen LogP contribution in [0.1, 0.15) is 5.56 Å². The molecule has 0 fully saturated rings. The molecule has 2 aromatic carbocycles. The topological polar surface area (TPSA) is 26.0 Å². The van der Waals surface area contributed by atoms with Gasteiger partial charge in [0.2, 0.25) is 0 Å². The van der Waals surface area contributed by atoms with Crippen LogP contribution in [-0.2, 0) is 6.54 Å². The van der Waals surface area contributed by atoms with Crippen molar-refractivity contribution in [3.8, 4) is 11.1 Å². The normalized spacial score (nSPS) is 10.6. The lowest BCUT2D eigenvalue weighted by Crippen LogP contribution is -1.99. The lowest BCUT2D eigenvalue weighted by molar-refractivity contribution is 0.628. The zero-order valence-electron chi connectivity index (χ0n) is 8.88. The molecule has 0 unspecified atom stereocenters. The summed E-state index contributed by atoms with van der Waals surface area (Å²) < 4.78 is 13.2. The first-order valence-corrected chi connectivity index (χ1v) is 5.81. The summed E-state index contributed by atoms with van der Waals surface area (Å²) in [4.78, 5) is 0. The van der Waals surface area contributed by atoms with Gasteiger partial charge in [0.15, 0.2) is 0 Å². The van der Waals surface area contributed by atoms with Crippen molar-refractivity contribution in [2.45, 2.75) is 6.54 Å². The van der Waals surface area contributed by atoms with E-state index in [0.29, 0.717) is 22.2 Å².